The van der Waals surface area contributed by atoms with Crippen LogP contribution < -0.4 is 5.56 Å². The quantitative estimate of drug-likeness (QED) is 0.806. The minimum Gasteiger partial charge on any atom is -0.334 e. The Hall–Kier alpha value is -2.54. The number of benzene rings is 1. The molecule has 112 valence electrons. The van der Waals surface area contributed by atoms with Gasteiger partial charge in [-0.1, -0.05) is 12.1 Å². The van der Waals surface area contributed by atoms with E-state index in [1.807, 2.05) is 0 Å². The Bertz CT molecular complexity index is 903. The highest BCUT2D eigenvalue weighted by atomic mass is 32.1. The molecule has 3 aromatic rings. The summed E-state index contributed by atoms with van der Waals surface area (Å²) in [6.07, 6.45) is 0. The van der Waals surface area contributed by atoms with Crippen molar-refractivity contribution in [1.82, 2.24) is 14.9 Å². The molecule has 0 fully saturated rings. The van der Waals surface area contributed by atoms with E-state index in [2.05, 4.69) is 9.97 Å². The second-order valence-corrected chi connectivity index (χ2v) is 5.70. The SMILES string of the molecule is CN(Cc1nc2ccsc2c(=O)[nH]1)C(=O)c1ccccc1F. The van der Waals surface area contributed by atoms with Crippen molar-refractivity contribution in [2.75, 3.05) is 7.05 Å². The van der Waals surface area contributed by atoms with Crippen molar-refractivity contribution in [2.24, 2.45) is 0 Å². The number of fused-ring (bicyclic) bond motifs is 1. The van der Waals surface area contributed by atoms with Gasteiger partial charge in [0.25, 0.3) is 11.5 Å². The number of carbonyl (C=O) groups excluding carboxylic acids is 1. The second-order valence-electron chi connectivity index (χ2n) is 4.79. The van der Waals surface area contributed by atoms with E-state index in [4.69, 9.17) is 0 Å². The second kappa shape index (κ2) is 5.69. The zero-order valence-corrected chi connectivity index (χ0v) is 12.5. The van der Waals surface area contributed by atoms with Crippen molar-refractivity contribution in [1.29, 1.82) is 0 Å². The van der Waals surface area contributed by atoms with E-state index in [1.165, 1.54) is 41.5 Å². The molecule has 0 bridgehead atoms. The molecular formula is C15H12FN3O2S. The van der Waals surface area contributed by atoms with Crippen molar-refractivity contribution in [3.8, 4) is 0 Å². The Morgan fingerprint density at radius 2 is 2.14 bits per heavy atom. The number of thiophene rings is 1. The number of aromatic amines is 1. The first-order valence-electron chi connectivity index (χ1n) is 6.52. The monoisotopic (exact) mass is 317 g/mol. The lowest BCUT2D eigenvalue weighted by Gasteiger charge is -2.16. The summed E-state index contributed by atoms with van der Waals surface area (Å²) in [6, 6.07) is 7.53. The standard InChI is InChI=1S/C15H12FN3O2S/c1-19(15(21)9-4-2-3-5-10(9)16)8-12-17-11-6-7-22-13(11)14(20)18-12/h2-7H,8H2,1H3,(H,17,18,20). The smallest absolute Gasteiger partial charge is 0.268 e. The van der Waals surface area contributed by atoms with Crippen LogP contribution in [0.5, 0.6) is 0 Å². The van der Waals surface area contributed by atoms with Crippen LogP contribution in [0.25, 0.3) is 10.2 Å². The Morgan fingerprint density at radius 1 is 1.36 bits per heavy atom. The van der Waals surface area contributed by atoms with E-state index in [-0.39, 0.29) is 17.7 Å². The summed E-state index contributed by atoms with van der Waals surface area (Å²) in [5.74, 6) is -0.677. The van der Waals surface area contributed by atoms with E-state index < -0.39 is 11.7 Å². The summed E-state index contributed by atoms with van der Waals surface area (Å²) in [4.78, 5) is 32.4. The van der Waals surface area contributed by atoms with Crippen LogP contribution in [-0.4, -0.2) is 27.8 Å². The number of hydrogen-bond acceptors (Lipinski definition) is 4. The number of H-pyrrole nitrogens is 1. The minimum absolute atomic E-state index is 0.0102. The summed E-state index contributed by atoms with van der Waals surface area (Å²) >= 11 is 1.31. The van der Waals surface area contributed by atoms with E-state index >= 15 is 0 Å². The summed E-state index contributed by atoms with van der Waals surface area (Å²) in [5.41, 5.74) is 0.348. The van der Waals surface area contributed by atoms with Crippen LogP contribution in [0, 0.1) is 5.82 Å². The highest BCUT2D eigenvalue weighted by molar-refractivity contribution is 7.17. The van der Waals surface area contributed by atoms with Gasteiger partial charge in [-0.05, 0) is 23.6 Å². The zero-order valence-electron chi connectivity index (χ0n) is 11.7. The molecule has 0 atom stereocenters. The summed E-state index contributed by atoms with van der Waals surface area (Å²) in [6.45, 7) is 0.0915. The highest BCUT2D eigenvalue weighted by Gasteiger charge is 2.17. The summed E-state index contributed by atoms with van der Waals surface area (Å²) in [5, 5.41) is 1.78. The van der Waals surface area contributed by atoms with Gasteiger partial charge in [0, 0.05) is 7.05 Å². The maximum Gasteiger partial charge on any atom is 0.268 e. The Labute approximate surface area is 129 Å². The molecule has 0 saturated carbocycles. The van der Waals surface area contributed by atoms with Gasteiger partial charge >= 0.3 is 0 Å². The molecule has 7 heteroatoms. The van der Waals surface area contributed by atoms with Gasteiger partial charge in [-0.3, -0.25) is 9.59 Å². The first-order chi connectivity index (χ1) is 10.6. The van der Waals surface area contributed by atoms with Crippen molar-refractivity contribution in [3.05, 3.63) is 63.3 Å². The zero-order chi connectivity index (χ0) is 15.7. The first-order valence-corrected chi connectivity index (χ1v) is 7.40. The van der Waals surface area contributed by atoms with Gasteiger partial charge in [0.05, 0.1) is 17.6 Å². The summed E-state index contributed by atoms with van der Waals surface area (Å²) < 4.78 is 14.2. The van der Waals surface area contributed by atoms with Gasteiger partial charge < -0.3 is 9.88 Å². The molecule has 1 amide bonds. The summed E-state index contributed by atoms with van der Waals surface area (Å²) in [7, 11) is 1.53. The van der Waals surface area contributed by atoms with E-state index in [9.17, 15) is 14.0 Å². The normalized spacial score (nSPS) is 10.8. The molecule has 0 aliphatic carbocycles. The van der Waals surface area contributed by atoms with Gasteiger partial charge in [-0.25, -0.2) is 9.37 Å². The van der Waals surface area contributed by atoms with Gasteiger partial charge in [0.2, 0.25) is 0 Å². The van der Waals surface area contributed by atoms with Gasteiger partial charge in [0.1, 0.15) is 16.3 Å². The highest BCUT2D eigenvalue weighted by Crippen LogP contribution is 2.15. The van der Waals surface area contributed by atoms with Crippen LogP contribution in [0.2, 0.25) is 0 Å². The molecule has 5 nitrogen and oxygen atoms in total. The Morgan fingerprint density at radius 3 is 2.91 bits per heavy atom. The molecule has 1 N–H and O–H groups in total. The molecule has 2 heterocycles. The molecule has 0 spiro atoms. The minimum atomic E-state index is -0.575. The number of hydrogen-bond donors (Lipinski definition) is 1. The van der Waals surface area contributed by atoms with Crippen molar-refractivity contribution in [2.45, 2.75) is 6.54 Å². The average Bonchev–Trinajstić information content (AvgIpc) is 2.96. The number of nitrogens with one attached hydrogen (secondary N) is 1. The molecule has 2 aromatic heterocycles. The fourth-order valence-corrected chi connectivity index (χ4v) is 2.86. The third-order valence-corrected chi connectivity index (χ3v) is 4.10. The first kappa shape index (κ1) is 14.4. The topological polar surface area (TPSA) is 66.1 Å². The molecule has 0 aliphatic rings. The van der Waals surface area contributed by atoms with E-state index in [0.29, 0.717) is 16.0 Å². The number of carbonyl (C=O) groups is 1. The molecule has 1 aromatic carbocycles. The molecule has 0 unspecified atom stereocenters. The molecular weight excluding hydrogens is 305 g/mol. The van der Waals surface area contributed by atoms with Gasteiger partial charge in [0.15, 0.2) is 0 Å². The predicted molar refractivity (Wildman–Crippen MR) is 82.4 cm³/mol. The van der Waals surface area contributed by atoms with Crippen molar-refractivity contribution in [3.63, 3.8) is 0 Å². The maximum absolute atomic E-state index is 13.7. The predicted octanol–water partition coefficient (Wildman–Crippen LogP) is 2.40. The Kier molecular flexibility index (Phi) is 3.72. The molecule has 22 heavy (non-hydrogen) atoms. The van der Waals surface area contributed by atoms with Crippen LogP contribution in [0.3, 0.4) is 0 Å². The number of amides is 1. The molecule has 0 radical (unpaired) electrons. The molecule has 0 saturated heterocycles. The van der Waals surface area contributed by atoms with Crippen molar-refractivity contribution < 1.29 is 9.18 Å². The van der Waals surface area contributed by atoms with Crippen molar-refractivity contribution >= 4 is 27.5 Å². The van der Waals surface area contributed by atoms with Gasteiger partial charge in [-0.15, -0.1) is 11.3 Å². The lowest BCUT2D eigenvalue weighted by molar-refractivity contribution is 0.0777. The van der Waals surface area contributed by atoms with Crippen LogP contribution in [0.15, 0.2) is 40.5 Å². The lowest BCUT2D eigenvalue weighted by atomic mass is 10.2. The molecule has 3 rings (SSSR count). The number of nitrogens with zero attached hydrogens (tertiary/aromatic N) is 2. The van der Waals surface area contributed by atoms with Crippen LogP contribution >= 0.6 is 11.3 Å². The maximum atomic E-state index is 13.7. The van der Waals surface area contributed by atoms with Crippen LogP contribution in [0.4, 0.5) is 4.39 Å². The average molecular weight is 317 g/mol. The van der Waals surface area contributed by atoms with Crippen LogP contribution in [-0.2, 0) is 6.54 Å². The van der Waals surface area contributed by atoms with E-state index in [0.717, 1.165) is 0 Å². The largest absolute Gasteiger partial charge is 0.334 e. The Balaban J connectivity index is 1.86. The lowest BCUT2D eigenvalue weighted by Crippen LogP contribution is -2.28. The number of halogens is 1. The van der Waals surface area contributed by atoms with Crippen LogP contribution in [0.1, 0.15) is 16.2 Å². The molecule has 0 aliphatic heterocycles. The number of rotatable bonds is 3. The van der Waals surface area contributed by atoms with Gasteiger partial charge in [-0.2, -0.15) is 0 Å². The third-order valence-electron chi connectivity index (χ3n) is 3.20. The van der Waals surface area contributed by atoms with E-state index in [1.54, 1.807) is 17.5 Å². The number of aromatic nitrogens is 2. The third kappa shape index (κ3) is 2.62. The fourth-order valence-electron chi connectivity index (χ4n) is 2.13. The fraction of sp³-hybridized carbons (Fsp3) is 0.133.